The van der Waals surface area contributed by atoms with E-state index in [1.54, 1.807) is 0 Å². The minimum Gasteiger partial charge on any atom is -0.479 e. The highest BCUT2D eigenvalue weighted by Gasteiger charge is 2.13. The van der Waals surface area contributed by atoms with Gasteiger partial charge in [-0.25, -0.2) is 0 Å². The molecule has 58 valence electrons. The first kappa shape index (κ1) is 7.61. The van der Waals surface area contributed by atoms with Crippen LogP contribution in [0.25, 0.3) is 0 Å². The molecule has 0 radical (unpaired) electrons. The van der Waals surface area contributed by atoms with Gasteiger partial charge in [-0.15, -0.1) is 0 Å². The van der Waals surface area contributed by atoms with Crippen LogP contribution in [0.4, 0.5) is 0 Å². The van der Waals surface area contributed by atoms with Crippen LogP contribution in [-0.2, 0) is 0 Å². The van der Waals surface area contributed by atoms with Crippen LogP contribution in [0, 0.1) is 11.3 Å². The maximum atomic E-state index is 9.01. The number of rotatable bonds is 2. The van der Waals surface area contributed by atoms with Crippen LogP contribution in [0.15, 0.2) is 10.7 Å². The molecule has 0 aromatic carbocycles. The first-order valence-corrected chi connectivity index (χ1v) is 3.26. The fraction of sp³-hybridized carbons (Fsp3) is 0.429. The highest BCUT2D eigenvalue weighted by atomic mass is 16.5. The Morgan fingerprint density at radius 1 is 1.91 bits per heavy atom. The minimum absolute atomic E-state index is 0.0220. The van der Waals surface area contributed by atoms with Crippen LogP contribution in [-0.4, -0.2) is 10.3 Å². The second-order valence-electron chi connectivity index (χ2n) is 2.35. The second kappa shape index (κ2) is 3.06. The predicted molar refractivity (Wildman–Crippen MR) is 36.8 cm³/mol. The smallest absolute Gasteiger partial charge is 0.312 e. The van der Waals surface area contributed by atoms with Crippen molar-refractivity contribution < 1.29 is 9.63 Å². The summed E-state index contributed by atoms with van der Waals surface area (Å²) in [4.78, 5) is 0. The van der Waals surface area contributed by atoms with E-state index >= 15 is 0 Å². The predicted octanol–water partition coefficient (Wildman–Crippen LogP) is 1.40. The molecule has 1 heterocycles. The third kappa shape index (κ3) is 1.49. The van der Waals surface area contributed by atoms with Gasteiger partial charge in [-0.05, 0) is 0 Å². The molecule has 0 bridgehead atoms. The maximum absolute atomic E-state index is 9.01. The number of nitrogens with zero attached hydrogens (tertiary/aromatic N) is 2. The number of nitriles is 1. The van der Waals surface area contributed by atoms with Crippen LogP contribution in [0.5, 0.6) is 5.95 Å². The number of hydrogen-bond acceptors (Lipinski definition) is 4. The van der Waals surface area contributed by atoms with Gasteiger partial charge < -0.3 is 9.63 Å². The molecular formula is C7H8N2O2. The van der Waals surface area contributed by atoms with Gasteiger partial charge in [0.15, 0.2) is 0 Å². The third-order valence-corrected chi connectivity index (χ3v) is 1.51. The highest BCUT2D eigenvalue weighted by molar-refractivity contribution is 5.22. The topological polar surface area (TPSA) is 70.0 Å². The van der Waals surface area contributed by atoms with Gasteiger partial charge in [0, 0.05) is 12.3 Å². The lowest BCUT2D eigenvalue weighted by Gasteiger charge is -2.00. The maximum Gasteiger partial charge on any atom is 0.312 e. The zero-order valence-corrected chi connectivity index (χ0v) is 6.11. The van der Waals surface area contributed by atoms with Crippen molar-refractivity contribution in [2.24, 2.45) is 0 Å². The summed E-state index contributed by atoms with van der Waals surface area (Å²) in [5.41, 5.74) is 0.589. The van der Waals surface area contributed by atoms with E-state index in [1.807, 2.05) is 13.0 Å². The summed E-state index contributed by atoms with van der Waals surface area (Å²) in [6, 6.07) is 2.00. The van der Waals surface area contributed by atoms with E-state index in [1.165, 1.54) is 6.20 Å². The van der Waals surface area contributed by atoms with Crippen molar-refractivity contribution in [2.45, 2.75) is 19.3 Å². The Balaban J connectivity index is 2.77. The molecule has 0 saturated heterocycles. The van der Waals surface area contributed by atoms with Gasteiger partial charge in [-0.2, -0.15) is 5.26 Å². The van der Waals surface area contributed by atoms with Crippen molar-refractivity contribution in [3.8, 4) is 12.0 Å². The van der Waals surface area contributed by atoms with Gasteiger partial charge in [0.05, 0.1) is 17.8 Å². The van der Waals surface area contributed by atoms with Crippen molar-refractivity contribution in [1.29, 1.82) is 5.26 Å². The van der Waals surface area contributed by atoms with Gasteiger partial charge in [-0.3, -0.25) is 0 Å². The van der Waals surface area contributed by atoms with E-state index in [0.29, 0.717) is 12.0 Å². The van der Waals surface area contributed by atoms with E-state index in [0.717, 1.165) is 0 Å². The molecular weight excluding hydrogens is 144 g/mol. The van der Waals surface area contributed by atoms with Crippen LogP contribution in [0.3, 0.4) is 0 Å². The Labute approximate surface area is 64.0 Å². The Morgan fingerprint density at radius 3 is 3.09 bits per heavy atom. The van der Waals surface area contributed by atoms with E-state index in [4.69, 9.17) is 10.4 Å². The van der Waals surface area contributed by atoms with E-state index in [-0.39, 0.29) is 11.9 Å². The number of hydrogen-bond donors (Lipinski definition) is 1. The van der Waals surface area contributed by atoms with Gasteiger partial charge in [0.25, 0.3) is 0 Å². The highest BCUT2D eigenvalue weighted by Crippen LogP contribution is 2.26. The minimum atomic E-state index is -0.187. The number of aromatic hydroxyl groups is 1. The van der Waals surface area contributed by atoms with E-state index in [2.05, 4.69) is 9.68 Å². The summed E-state index contributed by atoms with van der Waals surface area (Å²) in [5, 5.41) is 20.7. The van der Waals surface area contributed by atoms with Gasteiger partial charge in [0.1, 0.15) is 0 Å². The van der Waals surface area contributed by atoms with Gasteiger partial charge in [-0.1, -0.05) is 12.1 Å². The Kier molecular flexibility index (Phi) is 2.12. The molecule has 1 aromatic heterocycles. The van der Waals surface area contributed by atoms with Crippen molar-refractivity contribution in [1.82, 2.24) is 5.16 Å². The summed E-state index contributed by atoms with van der Waals surface area (Å²) in [7, 11) is 0. The molecule has 1 N–H and O–H groups in total. The average molecular weight is 152 g/mol. The molecule has 1 rings (SSSR count). The summed E-state index contributed by atoms with van der Waals surface area (Å²) in [6.45, 7) is 1.83. The molecule has 0 aliphatic heterocycles. The van der Waals surface area contributed by atoms with Crippen LogP contribution >= 0.6 is 0 Å². The molecule has 11 heavy (non-hydrogen) atoms. The summed E-state index contributed by atoms with van der Waals surface area (Å²) < 4.78 is 4.43. The molecule has 1 atom stereocenters. The molecule has 0 aliphatic carbocycles. The lowest BCUT2D eigenvalue weighted by atomic mass is 10.0. The van der Waals surface area contributed by atoms with Gasteiger partial charge in [0.2, 0.25) is 0 Å². The Hall–Kier alpha value is -1.50. The molecule has 0 amide bonds. The standard InChI is InChI=1S/C7H8N2O2/c1-5(2-3-8)6-4-9-11-7(6)10/h4-5,10H,2H2,1H3/t5-/m1/s1. The zero-order valence-electron chi connectivity index (χ0n) is 6.11. The first-order chi connectivity index (χ1) is 5.25. The largest absolute Gasteiger partial charge is 0.479 e. The summed E-state index contributed by atoms with van der Waals surface area (Å²) in [6.07, 6.45) is 1.78. The normalized spacial score (nSPS) is 12.4. The van der Waals surface area contributed by atoms with Crippen LogP contribution < -0.4 is 0 Å². The Morgan fingerprint density at radius 2 is 2.64 bits per heavy atom. The fourth-order valence-electron chi connectivity index (χ4n) is 0.826. The zero-order chi connectivity index (χ0) is 8.27. The second-order valence-corrected chi connectivity index (χ2v) is 2.35. The molecule has 4 nitrogen and oxygen atoms in total. The lowest BCUT2D eigenvalue weighted by molar-refractivity contribution is 0.274. The summed E-state index contributed by atoms with van der Waals surface area (Å²) in [5.74, 6) is -0.209. The fourth-order valence-corrected chi connectivity index (χ4v) is 0.826. The SMILES string of the molecule is C[C@H](CC#N)c1cnoc1O. The molecule has 0 fully saturated rings. The summed E-state index contributed by atoms with van der Waals surface area (Å²) >= 11 is 0. The molecule has 0 spiro atoms. The lowest BCUT2D eigenvalue weighted by Crippen LogP contribution is -1.88. The average Bonchev–Trinajstić information content (AvgIpc) is 2.36. The molecule has 4 heteroatoms. The molecule has 0 aliphatic rings. The third-order valence-electron chi connectivity index (χ3n) is 1.51. The van der Waals surface area contributed by atoms with Crippen molar-refractivity contribution in [2.75, 3.05) is 0 Å². The van der Waals surface area contributed by atoms with E-state index < -0.39 is 0 Å². The first-order valence-electron chi connectivity index (χ1n) is 3.26. The van der Waals surface area contributed by atoms with Crippen molar-refractivity contribution >= 4 is 0 Å². The van der Waals surface area contributed by atoms with Crippen molar-refractivity contribution in [3.63, 3.8) is 0 Å². The van der Waals surface area contributed by atoms with E-state index in [9.17, 15) is 0 Å². The molecule has 0 unspecified atom stereocenters. The molecule has 0 saturated carbocycles. The number of aromatic nitrogens is 1. The Bertz CT molecular complexity index is 274. The van der Waals surface area contributed by atoms with Crippen molar-refractivity contribution in [3.05, 3.63) is 11.8 Å². The van der Waals surface area contributed by atoms with Gasteiger partial charge >= 0.3 is 5.95 Å². The molecule has 1 aromatic rings. The van der Waals surface area contributed by atoms with Crippen LogP contribution in [0.1, 0.15) is 24.8 Å². The van der Waals surface area contributed by atoms with Crippen LogP contribution in [0.2, 0.25) is 0 Å². The monoisotopic (exact) mass is 152 g/mol. The quantitative estimate of drug-likeness (QED) is 0.695.